The molecule has 378 valence electrons. The maximum atomic E-state index is 12.8. The molecular weight excluding hydrogens is 841 g/mol. The zero-order valence-corrected chi connectivity index (χ0v) is 43.0. The molecule has 0 aliphatic carbocycles. The number of allylic oxidation sites excluding steroid dienone is 26. The van der Waals surface area contributed by atoms with Gasteiger partial charge in [0.15, 0.2) is 6.10 Å². The van der Waals surface area contributed by atoms with Crippen LogP contribution in [0.25, 0.3) is 0 Å². The van der Waals surface area contributed by atoms with Gasteiger partial charge in [-0.25, -0.2) is 0 Å². The average Bonchev–Trinajstić information content (AvgIpc) is 3.34. The van der Waals surface area contributed by atoms with E-state index in [1.54, 1.807) is 0 Å². The number of rotatable bonds is 45. The summed E-state index contributed by atoms with van der Waals surface area (Å²) in [5, 5.41) is 0. The lowest BCUT2D eigenvalue weighted by molar-refractivity contribution is -0.166. The first-order chi connectivity index (χ1) is 33.5. The van der Waals surface area contributed by atoms with Crippen molar-refractivity contribution in [3.63, 3.8) is 0 Å². The van der Waals surface area contributed by atoms with E-state index in [-0.39, 0.29) is 50.4 Å². The van der Waals surface area contributed by atoms with Crippen molar-refractivity contribution in [1.29, 1.82) is 0 Å². The Labute approximate surface area is 416 Å². The Kier molecular flexibility index (Phi) is 50.6. The summed E-state index contributed by atoms with van der Waals surface area (Å²) in [6, 6.07) is 0. The Hall–Kier alpha value is -4.97. The van der Waals surface area contributed by atoms with E-state index in [2.05, 4.69) is 124 Å². The van der Waals surface area contributed by atoms with Crippen LogP contribution in [-0.2, 0) is 28.6 Å². The van der Waals surface area contributed by atoms with Crippen LogP contribution >= 0.6 is 0 Å². The fourth-order valence-corrected chi connectivity index (χ4v) is 6.43. The van der Waals surface area contributed by atoms with Crippen molar-refractivity contribution < 1.29 is 28.6 Å². The summed E-state index contributed by atoms with van der Waals surface area (Å²) in [6.07, 6.45) is 79.6. The Morgan fingerprint density at radius 2 is 0.691 bits per heavy atom. The molecule has 0 radical (unpaired) electrons. The van der Waals surface area contributed by atoms with Crippen molar-refractivity contribution in [2.24, 2.45) is 0 Å². The van der Waals surface area contributed by atoms with Crippen molar-refractivity contribution in [2.45, 2.75) is 200 Å². The van der Waals surface area contributed by atoms with E-state index in [4.69, 9.17) is 14.2 Å². The third-order valence-electron chi connectivity index (χ3n) is 10.4. The lowest BCUT2D eigenvalue weighted by Gasteiger charge is -2.18. The van der Waals surface area contributed by atoms with Gasteiger partial charge in [0.2, 0.25) is 0 Å². The van der Waals surface area contributed by atoms with Gasteiger partial charge in [0.05, 0.1) is 0 Å². The maximum Gasteiger partial charge on any atom is 0.306 e. The topological polar surface area (TPSA) is 78.9 Å². The van der Waals surface area contributed by atoms with Crippen LogP contribution in [-0.4, -0.2) is 37.2 Å². The van der Waals surface area contributed by atoms with Gasteiger partial charge in [-0.3, -0.25) is 14.4 Å². The van der Waals surface area contributed by atoms with Crippen molar-refractivity contribution in [3.05, 3.63) is 158 Å². The van der Waals surface area contributed by atoms with E-state index >= 15 is 0 Å². The summed E-state index contributed by atoms with van der Waals surface area (Å²) < 4.78 is 16.7. The smallest absolute Gasteiger partial charge is 0.306 e. The molecule has 0 aromatic carbocycles. The number of hydrogen-bond donors (Lipinski definition) is 0. The van der Waals surface area contributed by atoms with Crippen molar-refractivity contribution in [1.82, 2.24) is 0 Å². The lowest BCUT2D eigenvalue weighted by atomic mass is 10.1. The lowest BCUT2D eigenvalue weighted by Crippen LogP contribution is -2.30. The van der Waals surface area contributed by atoms with Crippen LogP contribution in [0.4, 0.5) is 0 Å². The van der Waals surface area contributed by atoms with Crippen LogP contribution in [0.15, 0.2) is 158 Å². The minimum Gasteiger partial charge on any atom is -0.462 e. The molecule has 0 saturated heterocycles. The zero-order chi connectivity index (χ0) is 49.3. The Morgan fingerprint density at radius 1 is 0.324 bits per heavy atom. The van der Waals surface area contributed by atoms with Gasteiger partial charge >= 0.3 is 17.9 Å². The molecule has 1 unspecified atom stereocenters. The molecular formula is C62H94O6. The van der Waals surface area contributed by atoms with E-state index in [1.807, 2.05) is 54.7 Å². The standard InChI is InChI=1S/C62H94O6/c1-4-7-10-13-16-19-22-25-27-29-31-33-34-37-40-43-46-49-52-55-61(64)67-58-59(57-66-60(63)54-51-48-45-42-39-36-24-21-18-15-12-9-6-3)68-62(65)56-53-50-47-44-41-38-35-32-30-28-26-23-20-17-14-11-8-5-2/h7,10-11,14,16-17,19-20,23,25-28,30-33,35-37,39-40,45-46,48-49,59H,4-6,8-9,12-13,15,18,21-22,24,29,34,38,41-44,47,50-58H2,1-3H3/b10-7-,14-11-,19-16-,20-17-,26-23-,27-25-,30-28-,33-31-,35-32-,39-36-,40-37-,48-45-,49-46-. The SMILES string of the molecule is CC/C=C\C/C=C\C/C=C\C/C=C\C/C=C\C/C=C\CCC(=O)OCC(COC(=O)CC/C=C\C/C=C\CCCCCCCC)OC(=O)CCCCCCC\C=C/C=C\C=C/C=C\C=C/CCC. The minimum absolute atomic E-state index is 0.150. The van der Waals surface area contributed by atoms with E-state index in [1.165, 1.54) is 44.9 Å². The van der Waals surface area contributed by atoms with Gasteiger partial charge in [0.1, 0.15) is 13.2 Å². The second kappa shape index (κ2) is 54.6. The monoisotopic (exact) mass is 935 g/mol. The van der Waals surface area contributed by atoms with Crippen LogP contribution in [0.2, 0.25) is 0 Å². The fraction of sp³-hybridized carbons (Fsp3) is 0.532. The summed E-state index contributed by atoms with van der Waals surface area (Å²) in [5.41, 5.74) is 0. The highest BCUT2D eigenvalue weighted by atomic mass is 16.6. The largest absolute Gasteiger partial charge is 0.462 e. The molecule has 0 aliphatic heterocycles. The van der Waals surface area contributed by atoms with Gasteiger partial charge in [0.25, 0.3) is 0 Å². The molecule has 0 saturated carbocycles. The first kappa shape index (κ1) is 63.0. The minimum atomic E-state index is -0.853. The van der Waals surface area contributed by atoms with Gasteiger partial charge < -0.3 is 14.2 Å². The third-order valence-corrected chi connectivity index (χ3v) is 10.4. The molecule has 0 spiro atoms. The summed E-state index contributed by atoms with van der Waals surface area (Å²) in [5.74, 6) is -1.14. The second-order valence-electron chi connectivity index (χ2n) is 16.8. The molecule has 6 heteroatoms. The summed E-state index contributed by atoms with van der Waals surface area (Å²) in [4.78, 5) is 38.0. The third kappa shape index (κ3) is 52.0. The summed E-state index contributed by atoms with van der Waals surface area (Å²) in [7, 11) is 0. The van der Waals surface area contributed by atoms with Crippen molar-refractivity contribution in [2.75, 3.05) is 13.2 Å². The van der Waals surface area contributed by atoms with E-state index in [0.29, 0.717) is 19.3 Å². The van der Waals surface area contributed by atoms with Crippen LogP contribution < -0.4 is 0 Å². The van der Waals surface area contributed by atoms with Gasteiger partial charge in [0, 0.05) is 19.3 Å². The molecule has 0 fully saturated rings. The Balaban J connectivity index is 4.65. The van der Waals surface area contributed by atoms with Crippen molar-refractivity contribution in [3.8, 4) is 0 Å². The molecule has 6 nitrogen and oxygen atoms in total. The van der Waals surface area contributed by atoms with Crippen LogP contribution in [0.1, 0.15) is 194 Å². The normalized spacial score (nSPS) is 13.4. The number of unbranched alkanes of at least 4 members (excludes halogenated alkanes) is 12. The van der Waals surface area contributed by atoms with Gasteiger partial charge in [-0.05, 0) is 96.3 Å². The highest BCUT2D eigenvalue weighted by Gasteiger charge is 2.19. The number of ether oxygens (including phenoxy) is 3. The number of esters is 3. The molecule has 68 heavy (non-hydrogen) atoms. The number of hydrogen-bond acceptors (Lipinski definition) is 6. The molecule has 0 aliphatic rings. The van der Waals surface area contributed by atoms with Gasteiger partial charge in [-0.1, -0.05) is 237 Å². The predicted molar refractivity (Wildman–Crippen MR) is 292 cm³/mol. The Morgan fingerprint density at radius 3 is 1.15 bits per heavy atom. The fourth-order valence-electron chi connectivity index (χ4n) is 6.43. The second-order valence-corrected chi connectivity index (χ2v) is 16.8. The summed E-state index contributed by atoms with van der Waals surface area (Å²) in [6.45, 7) is 6.26. The molecule has 0 aromatic heterocycles. The number of carbonyl (C=O) groups excluding carboxylic acids is 3. The van der Waals surface area contributed by atoms with Gasteiger partial charge in [-0.2, -0.15) is 0 Å². The highest BCUT2D eigenvalue weighted by molar-refractivity contribution is 5.71. The predicted octanol–water partition coefficient (Wildman–Crippen LogP) is 17.8. The van der Waals surface area contributed by atoms with Crippen molar-refractivity contribution >= 4 is 17.9 Å². The van der Waals surface area contributed by atoms with Gasteiger partial charge in [-0.15, -0.1) is 0 Å². The number of carbonyl (C=O) groups is 3. The zero-order valence-electron chi connectivity index (χ0n) is 43.0. The van der Waals surface area contributed by atoms with E-state index in [9.17, 15) is 14.4 Å². The first-order valence-corrected chi connectivity index (χ1v) is 26.6. The molecule has 0 rings (SSSR count). The van der Waals surface area contributed by atoms with Crippen LogP contribution in [0.3, 0.4) is 0 Å². The molecule has 0 aromatic rings. The average molecular weight is 935 g/mol. The van der Waals surface area contributed by atoms with Crippen LogP contribution in [0.5, 0.6) is 0 Å². The molecule has 1 atom stereocenters. The quantitative estimate of drug-likeness (QED) is 0.0199. The van der Waals surface area contributed by atoms with E-state index < -0.39 is 6.10 Å². The molecule has 0 amide bonds. The summed E-state index contributed by atoms with van der Waals surface area (Å²) >= 11 is 0. The maximum absolute atomic E-state index is 12.8. The Bertz CT molecular complexity index is 1590. The van der Waals surface area contributed by atoms with E-state index in [0.717, 1.165) is 89.9 Å². The molecule has 0 heterocycles. The molecule has 0 N–H and O–H groups in total. The first-order valence-electron chi connectivity index (χ1n) is 26.6. The highest BCUT2D eigenvalue weighted by Crippen LogP contribution is 2.11. The molecule has 0 bridgehead atoms. The van der Waals surface area contributed by atoms with Crippen LogP contribution in [0, 0.1) is 0 Å².